The largest absolute Gasteiger partial charge is 0.328 e. The highest BCUT2D eigenvalue weighted by Gasteiger charge is 2.29. The van der Waals surface area contributed by atoms with Gasteiger partial charge in [0, 0.05) is 22.7 Å². The first-order valence-electron chi connectivity index (χ1n) is 8.86. The molecule has 0 fully saturated rings. The molecule has 1 amide bonds. The molecule has 3 aromatic rings. The minimum Gasteiger partial charge on any atom is -0.328 e. The van der Waals surface area contributed by atoms with Gasteiger partial charge in [-0.25, -0.2) is 4.68 Å². The number of nitrogens with zero attached hydrogens (tertiary/aromatic N) is 3. The Hall–Kier alpha value is -2.66. The van der Waals surface area contributed by atoms with Gasteiger partial charge in [-0.15, -0.1) is 17.9 Å². The third-order valence-corrected chi connectivity index (χ3v) is 5.56. The Morgan fingerprint density at radius 3 is 2.81 bits per heavy atom. The Kier molecular flexibility index (Phi) is 4.71. The van der Waals surface area contributed by atoms with Gasteiger partial charge in [0.1, 0.15) is 0 Å². The molecule has 0 atom stereocenters. The highest BCUT2D eigenvalue weighted by Crippen LogP contribution is 2.29. The predicted molar refractivity (Wildman–Crippen MR) is 105 cm³/mol. The van der Waals surface area contributed by atoms with E-state index in [0.29, 0.717) is 18.8 Å². The molecule has 0 unspecified atom stereocenters. The van der Waals surface area contributed by atoms with Crippen LogP contribution in [-0.4, -0.2) is 27.1 Å². The van der Waals surface area contributed by atoms with Crippen molar-refractivity contribution in [2.75, 3.05) is 6.54 Å². The highest BCUT2D eigenvalue weighted by molar-refractivity contribution is 7.09. The zero-order valence-corrected chi connectivity index (χ0v) is 15.4. The van der Waals surface area contributed by atoms with Crippen molar-refractivity contribution in [3.8, 4) is 5.69 Å². The number of carbonyl (C=O) groups excluding carboxylic acids is 1. The summed E-state index contributed by atoms with van der Waals surface area (Å²) < 4.78 is 1.95. The number of benzene rings is 1. The van der Waals surface area contributed by atoms with Gasteiger partial charge in [0.25, 0.3) is 5.91 Å². The van der Waals surface area contributed by atoms with Crippen LogP contribution < -0.4 is 0 Å². The molecule has 0 spiro atoms. The summed E-state index contributed by atoms with van der Waals surface area (Å²) in [4.78, 5) is 16.3. The Balaban J connectivity index is 1.70. The van der Waals surface area contributed by atoms with Crippen molar-refractivity contribution in [2.45, 2.75) is 25.8 Å². The maximum atomic E-state index is 13.3. The Morgan fingerprint density at radius 1 is 1.23 bits per heavy atom. The first kappa shape index (κ1) is 16.8. The lowest BCUT2D eigenvalue weighted by atomic mass is 10.1. The lowest BCUT2D eigenvalue weighted by Gasteiger charge is -2.19. The molecule has 1 aliphatic rings. The van der Waals surface area contributed by atoms with Gasteiger partial charge in [-0.3, -0.25) is 4.79 Å². The minimum atomic E-state index is -0.00821. The number of fused-ring (bicyclic) bond motifs is 1. The molecule has 5 heteroatoms. The third kappa shape index (κ3) is 3.10. The molecule has 4 nitrogen and oxygen atoms in total. The number of thiophene rings is 1. The van der Waals surface area contributed by atoms with Crippen molar-refractivity contribution in [1.82, 2.24) is 14.7 Å². The van der Waals surface area contributed by atoms with E-state index in [1.54, 1.807) is 17.4 Å². The van der Waals surface area contributed by atoms with Crippen LogP contribution in [0, 0.1) is 0 Å². The fourth-order valence-corrected chi connectivity index (χ4v) is 4.23. The molecule has 2 heterocycles. The van der Waals surface area contributed by atoms with Crippen LogP contribution in [0.2, 0.25) is 0 Å². The average molecular weight is 363 g/mol. The first-order valence-corrected chi connectivity index (χ1v) is 9.74. The average Bonchev–Trinajstić information content (AvgIpc) is 3.39. The van der Waals surface area contributed by atoms with Crippen LogP contribution in [0.5, 0.6) is 0 Å². The van der Waals surface area contributed by atoms with Crippen LogP contribution in [0.4, 0.5) is 0 Å². The summed E-state index contributed by atoms with van der Waals surface area (Å²) in [6.07, 6.45) is 4.74. The highest BCUT2D eigenvalue weighted by atomic mass is 32.1. The fraction of sp³-hybridized carbons (Fsp3) is 0.238. The van der Waals surface area contributed by atoms with Crippen molar-refractivity contribution >= 4 is 17.2 Å². The molecule has 0 saturated heterocycles. The smallest absolute Gasteiger partial charge is 0.275 e. The molecule has 0 saturated carbocycles. The van der Waals surface area contributed by atoms with E-state index in [1.807, 2.05) is 51.4 Å². The van der Waals surface area contributed by atoms with Gasteiger partial charge in [0.15, 0.2) is 5.69 Å². The van der Waals surface area contributed by atoms with Crippen LogP contribution in [0.3, 0.4) is 0 Å². The number of rotatable bonds is 6. The molecular weight excluding hydrogens is 342 g/mol. The molecule has 26 heavy (non-hydrogen) atoms. The van der Waals surface area contributed by atoms with E-state index >= 15 is 0 Å². The summed E-state index contributed by atoms with van der Waals surface area (Å²) in [7, 11) is 0. The lowest BCUT2D eigenvalue weighted by Crippen LogP contribution is -2.31. The zero-order valence-electron chi connectivity index (χ0n) is 14.6. The Labute approximate surface area is 157 Å². The summed E-state index contributed by atoms with van der Waals surface area (Å²) >= 11 is 1.66. The summed E-state index contributed by atoms with van der Waals surface area (Å²) in [5.74, 6) is -0.00821. The second kappa shape index (κ2) is 7.30. The second-order valence-electron chi connectivity index (χ2n) is 6.43. The maximum absolute atomic E-state index is 13.3. The van der Waals surface area contributed by atoms with Crippen molar-refractivity contribution in [3.05, 3.63) is 82.3 Å². The second-order valence-corrected chi connectivity index (χ2v) is 7.46. The topological polar surface area (TPSA) is 38.1 Å². The van der Waals surface area contributed by atoms with Crippen molar-refractivity contribution in [2.24, 2.45) is 0 Å². The molecule has 1 aromatic carbocycles. The Bertz CT molecular complexity index is 912. The van der Waals surface area contributed by atoms with Gasteiger partial charge in [-0.05, 0) is 42.8 Å². The van der Waals surface area contributed by atoms with Crippen LogP contribution in [0.1, 0.15) is 33.0 Å². The van der Waals surface area contributed by atoms with Crippen molar-refractivity contribution in [1.29, 1.82) is 0 Å². The van der Waals surface area contributed by atoms with E-state index in [0.717, 1.165) is 30.5 Å². The van der Waals surface area contributed by atoms with E-state index in [-0.39, 0.29) is 5.91 Å². The van der Waals surface area contributed by atoms with Crippen molar-refractivity contribution in [3.63, 3.8) is 0 Å². The lowest BCUT2D eigenvalue weighted by molar-refractivity contribution is 0.0757. The number of hydrogen-bond donors (Lipinski definition) is 0. The minimum absolute atomic E-state index is 0.00821. The number of carbonyl (C=O) groups is 1. The van der Waals surface area contributed by atoms with Gasteiger partial charge in [-0.2, -0.15) is 5.10 Å². The quantitative estimate of drug-likeness (QED) is 0.614. The fourth-order valence-electron chi connectivity index (χ4n) is 3.51. The summed E-state index contributed by atoms with van der Waals surface area (Å²) in [5.41, 5.74) is 3.89. The maximum Gasteiger partial charge on any atom is 0.275 e. The van der Waals surface area contributed by atoms with E-state index in [9.17, 15) is 4.79 Å². The van der Waals surface area contributed by atoms with Crippen LogP contribution in [0.15, 0.2) is 60.5 Å². The number of aromatic nitrogens is 2. The van der Waals surface area contributed by atoms with Gasteiger partial charge in [-0.1, -0.05) is 30.3 Å². The molecule has 0 bridgehead atoms. The van der Waals surface area contributed by atoms with Crippen LogP contribution in [-0.2, 0) is 19.4 Å². The molecule has 0 aliphatic heterocycles. The summed E-state index contributed by atoms with van der Waals surface area (Å²) in [6, 6.07) is 14.1. The molecule has 4 rings (SSSR count). The van der Waals surface area contributed by atoms with Gasteiger partial charge >= 0.3 is 0 Å². The molecular formula is C21H21N3OS. The Morgan fingerprint density at radius 2 is 2.08 bits per heavy atom. The van der Waals surface area contributed by atoms with Gasteiger partial charge in [0.2, 0.25) is 0 Å². The number of amides is 1. The first-order chi connectivity index (χ1) is 12.8. The predicted octanol–water partition coefficient (Wildman–Crippen LogP) is 4.25. The molecule has 2 aromatic heterocycles. The third-order valence-electron chi connectivity index (χ3n) is 4.70. The molecule has 132 valence electrons. The zero-order chi connectivity index (χ0) is 17.9. The van der Waals surface area contributed by atoms with Gasteiger partial charge in [0.05, 0.1) is 12.2 Å². The summed E-state index contributed by atoms with van der Waals surface area (Å²) in [6.45, 7) is 4.93. The molecule has 0 N–H and O–H groups in total. The van der Waals surface area contributed by atoms with Crippen LogP contribution in [0.25, 0.3) is 5.69 Å². The normalized spacial score (nSPS) is 12.8. The SMILES string of the molecule is C=CCN(Cc1cccs1)C(=O)c1nn(-c2ccccc2)c2c1CCC2. The van der Waals surface area contributed by atoms with E-state index in [1.165, 1.54) is 10.6 Å². The molecule has 1 aliphatic carbocycles. The van der Waals surface area contributed by atoms with Crippen molar-refractivity contribution < 1.29 is 4.79 Å². The number of para-hydroxylation sites is 1. The van der Waals surface area contributed by atoms with E-state index < -0.39 is 0 Å². The molecule has 0 radical (unpaired) electrons. The number of hydrogen-bond acceptors (Lipinski definition) is 3. The van der Waals surface area contributed by atoms with E-state index in [4.69, 9.17) is 5.10 Å². The monoisotopic (exact) mass is 363 g/mol. The standard InChI is InChI=1S/C21H21N3OS/c1-2-13-23(15-17-10-7-14-26-17)21(25)20-18-11-6-12-19(18)24(22-20)16-8-4-3-5-9-16/h2-5,7-10,14H,1,6,11-13,15H2. The van der Waals surface area contributed by atoms with Gasteiger partial charge < -0.3 is 4.90 Å². The van der Waals surface area contributed by atoms with E-state index in [2.05, 4.69) is 12.6 Å². The van der Waals surface area contributed by atoms with Crippen LogP contribution >= 0.6 is 11.3 Å². The summed E-state index contributed by atoms with van der Waals surface area (Å²) in [5, 5.41) is 6.76.